The molecule has 85 valence electrons. The zero-order chi connectivity index (χ0) is 12.4. The molecule has 0 atom stereocenters. The van der Waals surface area contributed by atoms with Crippen LogP contribution in [0, 0.1) is 13.8 Å². The quantitative estimate of drug-likeness (QED) is 0.571. The summed E-state index contributed by atoms with van der Waals surface area (Å²) in [6.45, 7) is 4.25. The molecule has 0 spiro atoms. The maximum atomic E-state index is 6.02. The van der Waals surface area contributed by atoms with E-state index in [0.29, 0.717) is 5.88 Å². The minimum Gasteiger partial charge on any atom is -0.122 e. The Morgan fingerprint density at radius 2 is 1.88 bits per heavy atom. The second-order valence-corrected chi connectivity index (χ2v) is 5.10. The maximum absolute atomic E-state index is 6.02. The molecule has 0 heterocycles. The molecule has 3 radical (unpaired) electrons. The molecule has 0 aliphatic rings. The Morgan fingerprint density at radius 3 is 2.53 bits per heavy atom. The fraction of sp³-hybridized carbons (Fsp3) is 0.200. The van der Waals surface area contributed by atoms with E-state index in [1.54, 1.807) is 0 Å². The van der Waals surface area contributed by atoms with Crippen LogP contribution < -0.4 is 5.19 Å². The number of halogens is 1. The second-order valence-electron chi connectivity index (χ2n) is 4.29. The van der Waals surface area contributed by atoms with Crippen molar-refractivity contribution in [1.29, 1.82) is 0 Å². The molecule has 0 amide bonds. The summed E-state index contributed by atoms with van der Waals surface area (Å²) in [5.74, 6) is 0.529. The van der Waals surface area contributed by atoms with Crippen molar-refractivity contribution >= 4 is 27.0 Å². The van der Waals surface area contributed by atoms with E-state index >= 15 is 0 Å². The van der Waals surface area contributed by atoms with Crippen molar-refractivity contribution in [3.8, 4) is 11.1 Å². The molecule has 0 saturated carbocycles. The van der Waals surface area contributed by atoms with E-state index in [2.05, 4.69) is 54.4 Å². The average molecular weight is 258 g/mol. The van der Waals surface area contributed by atoms with Gasteiger partial charge in [-0.3, -0.25) is 0 Å². The molecule has 17 heavy (non-hydrogen) atoms. The fourth-order valence-electron chi connectivity index (χ4n) is 2.12. The lowest BCUT2D eigenvalue weighted by atomic mass is 9.95. The van der Waals surface area contributed by atoms with Gasteiger partial charge < -0.3 is 0 Å². The topological polar surface area (TPSA) is 0 Å². The van der Waals surface area contributed by atoms with E-state index < -0.39 is 0 Å². The highest BCUT2D eigenvalue weighted by atomic mass is 35.5. The molecule has 2 aromatic carbocycles. The molecule has 0 nitrogen and oxygen atoms in total. The second kappa shape index (κ2) is 5.07. The molecule has 2 rings (SSSR count). The van der Waals surface area contributed by atoms with Crippen molar-refractivity contribution in [2.75, 3.05) is 0 Å². The van der Waals surface area contributed by atoms with Crippen LogP contribution in [0.2, 0.25) is 0 Å². The first-order valence-corrected chi connectivity index (χ1v) is 6.64. The molecule has 2 aromatic rings. The number of hydrogen-bond acceptors (Lipinski definition) is 0. The third-order valence-electron chi connectivity index (χ3n) is 2.95. The smallest absolute Gasteiger partial charge is 0.0720 e. The summed E-state index contributed by atoms with van der Waals surface area (Å²) in [4.78, 5) is 0. The number of benzene rings is 2. The van der Waals surface area contributed by atoms with Gasteiger partial charge in [-0.2, -0.15) is 0 Å². The van der Waals surface area contributed by atoms with Crippen LogP contribution in [-0.4, -0.2) is 10.2 Å². The van der Waals surface area contributed by atoms with Gasteiger partial charge in [0.1, 0.15) is 0 Å². The predicted octanol–water partition coefficient (Wildman–Crippen LogP) is 3.50. The zero-order valence-electron chi connectivity index (χ0n) is 10.0. The van der Waals surface area contributed by atoms with Crippen LogP contribution >= 0.6 is 11.6 Å². The van der Waals surface area contributed by atoms with Crippen LogP contribution in [0.1, 0.15) is 16.7 Å². The molecule has 0 aliphatic heterocycles. The van der Waals surface area contributed by atoms with Crippen molar-refractivity contribution in [3.63, 3.8) is 0 Å². The Morgan fingerprint density at radius 1 is 1.12 bits per heavy atom. The summed E-state index contributed by atoms with van der Waals surface area (Å²) in [6.07, 6.45) is 0. The number of hydrogen-bond donors (Lipinski definition) is 0. The first-order chi connectivity index (χ1) is 8.13. The molecule has 0 saturated heterocycles. The van der Waals surface area contributed by atoms with E-state index in [0.717, 1.165) is 10.8 Å². The van der Waals surface area contributed by atoms with Crippen LogP contribution in [0.5, 0.6) is 0 Å². The van der Waals surface area contributed by atoms with Crippen molar-refractivity contribution in [2.45, 2.75) is 19.7 Å². The van der Waals surface area contributed by atoms with Gasteiger partial charge in [-0.05, 0) is 36.1 Å². The van der Waals surface area contributed by atoms with Crippen molar-refractivity contribution in [3.05, 3.63) is 53.1 Å². The van der Waals surface area contributed by atoms with E-state index in [4.69, 9.17) is 11.6 Å². The van der Waals surface area contributed by atoms with Gasteiger partial charge in [0.2, 0.25) is 0 Å². The third-order valence-corrected chi connectivity index (χ3v) is 3.65. The number of rotatable bonds is 2. The van der Waals surface area contributed by atoms with Crippen LogP contribution in [0.3, 0.4) is 0 Å². The van der Waals surface area contributed by atoms with Crippen LogP contribution in [-0.2, 0) is 5.88 Å². The van der Waals surface area contributed by atoms with Crippen molar-refractivity contribution in [2.24, 2.45) is 0 Å². The van der Waals surface area contributed by atoms with Gasteiger partial charge in [0, 0.05) is 5.88 Å². The Labute approximate surface area is 111 Å². The highest BCUT2D eigenvalue weighted by Crippen LogP contribution is 2.26. The number of aryl methyl sites for hydroxylation is 2. The van der Waals surface area contributed by atoms with Gasteiger partial charge in [-0.1, -0.05) is 47.1 Å². The highest BCUT2D eigenvalue weighted by Gasteiger charge is 2.09. The van der Waals surface area contributed by atoms with Gasteiger partial charge in [-0.25, -0.2) is 0 Å². The monoisotopic (exact) mass is 257 g/mol. The van der Waals surface area contributed by atoms with Gasteiger partial charge in [-0.15, -0.1) is 11.6 Å². The summed E-state index contributed by atoms with van der Waals surface area (Å²) < 4.78 is 0. The molecule has 0 unspecified atom stereocenters. The summed E-state index contributed by atoms with van der Waals surface area (Å²) >= 11 is 6.02. The maximum Gasteiger partial charge on any atom is 0.0720 e. The van der Waals surface area contributed by atoms with E-state index in [1.165, 1.54) is 22.3 Å². The minimum atomic E-state index is 0.529. The summed E-state index contributed by atoms with van der Waals surface area (Å²) in [6, 6.07) is 12.7. The molecular formula is C15H14ClSi. The number of alkyl halides is 1. The molecule has 0 bridgehead atoms. The molecule has 2 heteroatoms. The van der Waals surface area contributed by atoms with E-state index in [9.17, 15) is 0 Å². The average Bonchev–Trinajstić information content (AvgIpc) is 2.30. The summed E-state index contributed by atoms with van der Waals surface area (Å²) in [5.41, 5.74) is 6.17. The highest BCUT2D eigenvalue weighted by molar-refractivity contribution is 6.36. The Bertz CT molecular complexity index is 547. The van der Waals surface area contributed by atoms with Crippen LogP contribution in [0.25, 0.3) is 11.1 Å². The zero-order valence-corrected chi connectivity index (χ0v) is 11.8. The third kappa shape index (κ3) is 2.45. The Balaban J connectivity index is 2.67. The predicted molar refractivity (Wildman–Crippen MR) is 76.3 cm³/mol. The Hall–Kier alpha value is -1.05. The minimum absolute atomic E-state index is 0.529. The first-order valence-electron chi connectivity index (χ1n) is 5.60. The molecule has 0 aliphatic carbocycles. The van der Waals surface area contributed by atoms with Gasteiger partial charge in [0.25, 0.3) is 0 Å². The lowest BCUT2D eigenvalue weighted by Crippen LogP contribution is -2.09. The molecule has 0 aromatic heterocycles. The van der Waals surface area contributed by atoms with Gasteiger partial charge >= 0.3 is 0 Å². The Kier molecular flexibility index (Phi) is 3.70. The summed E-state index contributed by atoms with van der Waals surface area (Å²) in [7, 11) is 3.67. The van der Waals surface area contributed by atoms with Crippen LogP contribution in [0.4, 0.5) is 0 Å². The van der Waals surface area contributed by atoms with Crippen LogP contribution in [0.15, 0.2) is 36.4 Å². The largest absolute Gasteiger partial charge is 0.122 e. The first kappa shape index (κ1) is 12.4. The molecular weight excluding hydrogens is 244 g/mol. The lowest BCUT2D eigenvalue weighted by molar-refractivity contribution is 1.35. The lowest BCUT2D eigenvalue weighted by Gasteiger charge is -2.14. The SMILES string of the molecule is Cc1ccc(-c2c([Si])cccc2CCl)c(C)c1. The molecule has 0 N–H and O–H groups in total. The normalized spacial score (nSPS) is 10.6. The van der Waals surface area contributed by atoms with Crippen molar-refractivity contribution < 1.29 is 0 Å². The van der Waals surface area contributed by atoms with Gasteiger partial charge in [0.15, 0.2) is 0 Å². The van der Waals surface area contributed by atoms with E-state index in [1.807, 2.05) is 6.07 Å². The fourth-order valence-corrected chi connectivity index (χ4v) is 2.74. The standard InChI is InChI=1S/C15H14ClSi/c1-10-6-7-13(11(2)8-10)15-12(9-16)4-3-5-14(15)17/h3-8H,9H2,1-2H3. The van der Waals surface area contributed by atoms with Crippen molar-refractivity contribution in [1.82, 2.24) is 0 Å². The summed E-state index contributed by atoms with van der Waals surface area (Å²) in [5, 5.41) is 1.09. The molecule has 0 fully saturated rings. The van der Waals surface area contributed by atoms with E-state index in [-0.39, 0.29) is 0 Å². The van der Waals surface area contributed by atoms with Gasteiger partial charge in [0.05, 0.1) is 10.2 Å².